The Morgan fingerprint density at radius 3 is 2.33 bits per heavy atom. The van der Waals surface area contributed by atoms with Gasteiger partial charge in [-0.1, -0.05) is 0 Å². The first-order valence-electron chi connectivity index (χ1n) is 8.38. The predicted octanol–water partition coefficient (Wildman–Crippen LogP) is 2.15. The molecule has 1 aromatic rings. The molecular formula is C16H22F3N3O5. The van der Waals surface area contributed by atoms with Gasteiger partial charge in [0.15, 0.2) is 0 Å². The first-order valence-corrected chi connectivity index (χ1v) is 8.38. The van der Waals surface area contributed by atoms with Crippen molar-refractivity contribution in [1.29, 1.82) is 0 Å². The highest BCUT2D eigenvalue weighted by atomic mass is 19.4. The quantitative estimate of drug-likeness (QED) is 0.766. The molecule has 1 aliphatic heterocycles. The van der Waals surface area contributed by atoms with Crippen LogP contribution in [0.2, 0.25) is 0 Å². The van der Waals surface area contributed by atoms with E-state index in [4.69, 9.17) is 15.0 Å². The number of aromatic nitrogens is 2. The van der Waals surface area contributed by atoms with Crippen LogP contribution < -0.4 is 0 Å². The zero-order chi connectivity index (χ0) is 20.4. The van der Waals surface area contributed by atoms with Crippen molar-refractivity contribution in [3.8, 4) is 0 Å². The molecule has 1 fully saturated rings. The van der Waals surface area contributed by atoms with Gasteiger partial charge in [-0.15, -0.1) is 0 Å². The average Bonchev–Trinajstić information content (AvgIpc) is 3.11. The van der Waals surface area contributed by atoms with Gasteiger partial charge in [0.2, 0.25) is 5.91 Å². The summed E-state index contributed by atoms with van der Waals surface area (Å²) in [6, 6.07) is 0.0927. The summed E-state index contributed by atoms with van der Waals surface area (Å²) in [7, 11) is 0. The second kappa shape index (κ2) is 10.5. The highest BCUT2D eigenvalue weighted by molar-refractivity contribution is 5.76. The topological polar surface area (TPSA) is 113 Å². The van der Waals surface area contributed by atoms with Gasteiger partial charge >= 0.3 is 18.1 Å². The average molecular weight is 393 g/mol. The third kappa shape index (κ3) is 8.56. The summed E-state index contributed by atoms with van der Waals surface area (Å²) >= 11 is 0. The lowest BCUT2D eigenvalue weighted by Gasteiger charge is -2.35. The lowest BCUT2D eigenvalue weighted by atomic mass is 9.97. The van der Waals surface area contributed by atoms with Gasteiger partial charge < -0.3 is 19.7 Å². The van der Waals surface area contributed by atoms with E-state index in [1.54, 1.807) is 12.5 Å². The van der Waals surface area contributed by atoms with Gasteiger partial charge in [-0.3, -0.25) is 9.59 Å². The van der Waals surface area contributed by atoms with Crippen molar-refractivity contribution in [2.24, 2.45) is 0 Å². The smallest absolute Gasteiger partial charge is 0.481 e. The van der Waals surface area contributed by atoms with Crippen molar-refractivity contribution in [2.45, 2.75) is 57.3 Å². The maximum absolute atomic E-state index is 12.3. The number of carbonyl (C=O) groups excluding carboxylic acids is 1. The van der Waals surface area contributed by atoms with Gasteiger partial charge in [-0.2, -0.15) is 13.2 Å². The predicted molar refractivity (Wildman–Crippen MR) is 86.8 cm³/mol. The first-order chi connectivity index (χ1) is 12.6. The van der Waals surface area contributed by atoms with E-state index < -0.39 is 18.1 Å². The fourth-order valence-corrected chi connectivity index (χ4v) is 2.71. The van der Waals surface area contributed by atoms with Crippen LogP contribution >= 0.6 is 0 Å². The summed E-state index contributed by atoms with van der Waals surface area (Å²) < 4.78 is 33.6. The molecule has 152 valence electrons. The number of carboxylic acid groups (broad SMARTS) is 2. The van der Waals surface area contributed by atoms with Gasteiger partial charge in [-0.25, -0.2) is 9.78 Å². The largest absolute Gasteiger partial charge is 0.490 e. The first kappa shape index (κ1) is 22.5. The van der Waals surface area contributed by atoms with E-state index >= 15 is 0 Å². The molecule has 1 atom stereocenters. The zero-order valence-corrected chi connectivity index (χ0v) is 14.6. The molecule has 2 N–H and O–H groups in total. The van der Waals surface area contributed by atoms with Crippen molar-refractivity contribution in [3.05, 3.63) is 18.7 Å². The molecule has 0 aromatic carbocycles. The number of hydrogen-bond acceptors (Lipinski definition) is 4. The number of piperidine rings is 1. The molecule has 2 rings (SSSR count). The van der Waals surface area contributed by atoms with Crippen LogP contribution in [0.5, 0.6) is 0 Å². The Hall–Kier alpha value is -2.59. The number of nitrogens with zero attached hydrogens (tertiary/aromatic N) is 3. The number of alkyl halides is 3. The molecule has 0 aliphatic carbocycles. The van der Waals surface area contributed by atoms with E-state index in [-0.39, 0.29) is 18.4 Å². The third-order valence-electron chi connectivity index (χ3n) is 4.02. The van der Waals surface area contributed by atoms with Gasteiger partial charge in [-0.05, 0) is 25.7 Å². The molecule has 0 saturated carbocycles. The Labute approximate surface area is 153 Å². The minimum Gasteiger partial charge on any atom is -0.481 e. The minimum atomic E-state index is -5.08. The zero-order valence-electron chi connectivity index (χ0n) is 14.6. The summed E-state index contributed by atoms with van der Waals surface area (Å²) in [5.41, 5.74) is 0. The van der Waals surface area contributed by atoms with E-state index in [0.717, 1.165) is 25.8 Å². The second-order valence-corrected chi connectivity index (χ2v) is 6.02. The van der Waals surface area contributed by atoms with Crippen LogP contribution in [0.3, 0.4) is 0 Å². The number of aliphatic carboxylic acids is 2. The van der Waals surface area contributed by atoms with Gasteiger partial charge in [0.05, 0.1) is 6.33 Å². The molecule has 0 bridgehead atoms. The van der Waals surface area contributed by atoms with Crippen LogP contribution in [0.15, 0.2) is 18.7 Å². The van der Waals surface area contributed by atoms with E-state index in [0.29, 0.717) is 19.4 Å². The second-order valence-electron chi connectivity index (χ2n) is 6.02. The van der Waals surface area contributed by atoms with Crippen LogP contribution in [0.4, 0.5) is 13.2 Å². The number of amides is 1. The highest BCUT2D eigenvalue weighted by Crippen LogP contribution is 2.22. The monoisotopic (exact) mass is 393 g/mol. The summed E-state index contributed by atoms with van der Waals surface area (Å²) in [5, 5.41) is 15.9. The summed E-state index contributed by atoms with van der Waals surface area (Å²) in [6.45, 7) is 1.38. The fourth-order valence-electron chi connectivity index (χ4n) is 2.71. The number of carbonyl (C=O) groups is 3. The number of hydrogen-bond donors (Lipinski definition) is 2. The normalized spacial score (nSPS) is 17.0. The van der Waals surface area contributed by atoms with Crippen molar-refractivity contribution in [3.63, 3.8) is 0 Å². The van der Waals surface area contributed by atoms with Crippen LogP contribution in [0.1, 0.15) is 38.5 Å². The third-order valence-corrected chi connectivity index (χ3v) is 4.02. The van der Waals surface area contributed by atoms with Gasteiger partial charge in [0, 0.05) is 44.4 Å². The Balaban J connectivity index is 0.000000445. The Bertz CT molecular complexity index is 619. The number of imidazole rings is 1. The summed E-state index contributed by atoms with van der Waals surface area (Å²) in [4.78, 5) is 37.7. The van der Waals surface area contributed by atoms with E-state index in [1.165, 1.54) is 0 Å². The molecule has 1 aliphatic rings. The molecule has 1 saturated heterocycles. The van der Waals surface area contributed by atoms with Crippen LogP contribution in [-0.2, 0) is 20.9 Å². The van der Waals surface area contributed by atoms with Crippen LogP contribution in [0, 0.1) is 0 Å². The molecule has 1 aromatic heterocycles. The molecule has 1 unspecified atom stereocenters. The Morgan fingerprint density at radius 1 is 1.15 bits per heavy atom. The standard InChI is InChI=1S/C14H21N3O3.C2HF3O2/c18-13(6-9-16-10-7-15-11-16)17-8-2-1-3-12(17)4-5-14(19)20;3-2(4,5)1(6)7/h7,10-12H,1-6,8-9H2,(H,19,20);(H,6,7). The summed E-state index contributed by atoms with van der Waals surface area (Å²) in [5.74, 6) is -3.43. The van der Waals surface area contributed by atoms with E-state index in [9.17, 15) is 22.8 Å². The fraction of sp³-hybridized carbons (Fsp3) is 0.625. The van der Waals surface area contributed by atoms with E-state index in [1.807, 2.05) is 15.7 Å². The van der Waals surface area contributed by atoms with Gasteiger partial charge in [0.25, 0.3) is 0 Å². The molecule has 0 spiro atoms. The van der Waals surface area contributed by atoms with Crippen LogP contribution in [0.25, 0.3) is 0 Å². The molecule has 27 heavy (non-hydrogen) atoms. The van der Waals surface area contributed by atoms with Crippen molar-refractivity contribution in [2.75, 3.05) is 6.54 Å². The maximum atomic E-state index is 12.3. The molecule has 8 nitrogen and oxygen atoms in total. The summed E-state index contributed by atoms with van der Waals surface area (Å²) in [6.07, 6.45) is 4.31. The van der Waals surface area contributed by atoms with Crippen molar-refractivity contribution in [1.82, 2.24) is 14.5 Å². The van der Waals surface area contributed by atoms with E-state index in [2.05, 4.69) is 4.98 Å². The SMILES string of the molecule is O=C(O)C(F)(F)F.O=C(O)CCC1CCCCN1C(=O)CCn1ccnc1. The van der Waals surface area contributed by atoms with Crippen molar-refractivity contribution < 1.29 is 37.8 Å². The number of aryl methyl sites for hydroxylation is 1. The number of likely N-dealkylation sites (tertiary alicyclic amines) is 1. The minimum absolute atomic E-state index is 0.0927. The van der Waals surface area contributed by atoms with Crippen LogP contribution in [-0.4, -0.2) is 61.3 Å². The highest BCUT2D eigenvalue weighted by Gasteiger charge is 2.38. The van der Waals surface area contributed by atoms with Crippen molar-refractivity contribution >= 4 is 17.8 Å². The Morgan fingerprint density at radius 2 is 1.81 bits per heavy atom. The lowest BCUT2D eigenvalue weighted by molar-refractivity contribution is -0.192. The molecule has 0 radical (unpaired) electrons. The number of carboxylic acids is 2. The lowest BCUT2D eigenvalue weighted by Crippen LogP contribution is -2.44. The number of halogens is 3. The van der Waals surface area contributed by atoms with Gasteiger partial charge in [0.1, 0.15) is 0 Å². The molecule has 2 heterocycles. The number of rotatable bonds is 6. The molecule has 1 amide bonds. The Kier molecular flexibility index (Phi) is 8.76. The molecule has 11 heteroatoms. The maximum Gasteiger partial charge on any atom is 0.490 e. The molecular weight excluding hydrogens is 371 g/mol.